The zero-order valence-electron chi connectivity index (χ0n) is 8.42. The average Bonchev–Trinajstić information content (AvgIpc) is 2.16. The molecule has 1 aliphatic rings. The standard InChI is InChI=1S/C9H19N3O/c1-11-9(13)12(2)8-6-4-3-5-7(8)10/h7-8H,3-6,10H2,1-2H3,(H,11,13). The Morgan fingerprint density at radius 3 is 2.62 bits per heavy atom. The monoisotopic (exact) mass is 185 g/mol. The Morgan fingerprint density at radius 2 is 2.08 bits per heavy atom. The molecule has 0 radical (unpaired) electrons. The maximum atomic E-state index is 11.3. The summed E-state index contributed by atoms with van der Waals surface area (Å²) in [5.74, 6) is 0. The van der Waals surface area contributed by atoms with Gasteiger partial charge in [0.25, 0.3) is 0 Å². The second-order valence-electron chi connectivity index (χ2n) is 3.68. The molecule has 2 unspecified atom stereocenters. The van der Waals surface area contributed by atoms with Gasteiger partial charge in [-0.2, -0.15) is 0 Å². The Hall–Kier alpha value is -0.770. The van der Waals surface area contributed by atoms with Crippen LogP contribution in [0.5, 0.6) is 0 Å². The van der Waals surface area contributed by atoms with E-state index in [4.69, 9.17) is 5.73 Å². The lowest BCUT2D eigenvalue weighted by atomic mass is 9.90. The quantitative estimate of drug-likeness (QED) is 0.626. The van der Waals surface area contributed by atoms with Crippen LogP contribution in [0.3, 0.4) is 0 Å². The lowest BCUT2D eigenvalue weighted by molar-refractivity contribution is 0.164. The summed E-state index contributed by atoms with van der Waals surface area (Å²) in [6.07, 6.45) is 4.44. The van der Waals surface area contributed by atoms with Crippen molar-refractivity contribution in [2.45, 2.75) is 37.8 Å². The lowest BCUT2D eigenvalue weighted by Crippen LogP contribution is -2.52. The third kappa shape index (κ3) is 2.34. The van der Waals surface area contributed by atoms with E-state index in [-0.39, 0.29) is 18.1 Å². The van der Waals surface area contributed by atoms with Crippen LogP contribution in [0.4, 0.5) is 4.79 Å². The molecule has 0 aromatic heterocycles. The Balaban J connectivity index is 2.53. The summed E-state index contributed by atoms with van der Waals surface area (Å²) < 4.78 is 0. The Labute approximate surface area is 79.5 Å². The maximum absolute atomic E-state index is 11.3. The first-order chi connectivity index (χ1) is 6.16. The smallest absolute Gasteiger partial charge is 0.317 e. The second-order valence-corrected chi connectivity index (χ2v) is 3.68. The topological polar surface area (TPSA) is 58.4 Å². The van der Waals surface area contributed by atoms with Crippen LogP contribution in [0.25, 0.3) is 0 Å². The molecule has 76 valence electrons. The van der Waals surface area contributed by atoms with Crippen LogP contribution < -0.4 is 11.1 Å². The van der Waals surface area contributed by atoms with Gasteiger partial charge in [-0.3, -0.25) is 0 Å². The number of carbonyl (C=O) groups excluding carboxylic acids is 1. The number of likely N-dealkylation sites (N-methyl/N-ethyl adjacent to an activating group) is 1. The molecule has 3 N–H and O–H groups in total. The summed E-state index contributed by atoms with van der Waals surface area (Å²) in [6.45, 7) is 0. The molecule has 0 aromatic carbocycles. The predicted octanol–water partition coefficient (Wildman–Crippen LogP) is 0.527. The van der Waals surface area contributed by atoms with Gasteiger partial charge in [-0.05, 0) is 12.8 Å². The zero-order valence-corrected chi connectivity index (χ0v) is 8.42. The minimum Gasteiger partial charge on any atom is -0.341 e. The van der Waals surface area contributed by atoms with E-state index in [2.05, 4.69) is 5.32 Å². The molecule has 1 fully saturated rings. The van der Waals surface area contributed by atoms with Gasteiger partial charge >= 0.3 is 6.03 Å². The highest BCUT2D eigenvalue weighted by Gasteiger charge is 2.27. The third-order valence-electron chi connectivity index (χ3n) is 2.81. The minimum atomic E-state index is -0.0395. The number of nitrogens with zero attached hydrogens (tertiary/aromatic N) is 1. The van der Waals surface area contributed by atoms with Crippen molar-refractivity contribution in [1.29, 1.82) is 0 Å². The molecule has 0 aliphatic heterocycles. The molecule has 1 rings (SSSR count). The summed E-state index contributed by atoms with van der Waals surface area (Å²) in [5.41, 5.74) is 5.95. The van der Waals surface area contributed by atoms with E-state index in [1.54, 1.807) is 11.9 Å². The Bertz CT molecular complexity index is 184. The summed E-state index contributed by atoms with van der Waals surface area (Å²) in [7, 11) is 3.46. The fourth-order valence-electron chi connectivity index (χ4n) is 1.95. The number of nitrogens with two attached hydrogens (primary N) is 1. The van der Waals surface area contributed by atoms with E-state index in [0.29, 0.717) is 0 Å². The number of hydrogen-bond donors (Lipinski definition) is 2. The molecule has 0 spiro atoms. The van der Waals surface area contributed by atoms with Crippen molar-refractivity contribution >= 4 is 6.03 Å². The fraction of sp³-hybridized carbons (Fsp3) is 0.889. The summed E-state index contributed by atoms with van der Waals surface area (Å²) >= 11 is 0. The number of amides is 2. The summed E-state index contributed by atoms with van der Waals surface area (Å²) in [4.78, 5) is 13.0. The van der Waals surface area contributed by atoms with E-state index in [0.717, 1.165) is 12.8 Å². The Kier molecular flexibility index (Phi) is 3.54. The molecular weight excluding hydrogens is 166 g/mol. The first-order valence-electron chi connectivity index (χ1n) is 4.87. The number of hydrogen-bond acceptors (Lipinski definition) is 2. The summed E-state index contributed by atoms with van der Waals surface area (Å²) in [6, 6.07) is 0.326. The zero-order chi connectivity index (χ0) is 9.84. The van der Waals surface area contributed by atoms with Crippen molar-refractivity contribution in [2.75, 3.05) is 14.1 Å². The van der Waals surface area contributed by atoms with Gasteiger partial charge in [-0.15, -0.1) is 0 Å². The molecule has 1 aliphatic carbocycles. The molecule has 1 saturated carbocycles. The van der Waals surface area contributed by atoms with Crippen LogP contribution in [0, 0.1) is 0 Å². The third-order valence-corrected chi connectivity index (χ3v) is 2.81. The van der Waals surface area contributed by atoms with Gasteiger partial charge in [-0.1, -0.05) is 12.8 Å². The van der Waals surface area contributed by atoms with E-state index < -0.39 is 0 Å². The molecule has 0 heterocycles. The van der Waals surface area contributed by atoms with Gasteiger partial charge in [0, 0.05) is 26.2 Å². The van der Waals surface area contributed by atoms with Crippen molar-refractivity contribution in [2.24, 2.45) is 5.73 Å². The van der Waals surface area contributed by atoms with Crippen LogP contribution >= 0.6 is 0 Å². The molecule has 2 atom stereocenters. The van der Waals surface area contributed by atoms with E-state index in [1.165, 1.54) is 12.8 Å². The normalized spacial score (nSPS) is 28.2. The largest absolute Gasteiger partial charge is 0.341 e. The van der Waals surface area contributed by atoms with E-state index >= 15 is 0 Å². The Morgan fingerprint density at radius 1 is 1.46 bits per heavy atom. The van der Waals surface area contributed by atoms with Gasteiger partial charge in [0.05, 0.1) is 0 Å². The van der Waals surface area contributed by atoms with Crippen molar-refractivity contribution < 1.29 is 4.79 Å². The minimum absolute atomic E-state index is 0.0395. The predicted molar refractivity (Wildman–Crippen MR) is 52.5 cm³/mol. The fourth-order valence-corrected chi connectivity index (χ4v) is 1.95. The molecule has 13 heavy (non-hydrogen) atoms. The van der Waals surface area contributed by atoms with E-state index in [1.807, 2.05) is 7.05 Å². The number of urea groups is 1. The van der Waals surface area contributed by atoms with E-state index in [9.17, 15) is 4.79 Å². The van der Waals surface area contributed by atoms with Crippen molar-refractivity contribution in [1.82, 2.24) is 10.2 Å². The molecule has 0 aromatic rings. The highest BCUT2D eigenvalue weighted by molar-refractivity contribution is 5.73. The maximum Gasteiger partial charge on any atom is 0.317 e. The van der Waals surface area contributed by atoms with Crippen molar-refractivity contribution in [3.05, 3.63) is 0 Å². The van der Waals surface area contributed by atoms with Crippen molar-refractivity contribution in [3.63, 3.8) is 0 Å². The molecule has 4 nitrogen and oxygen atoms in total. The highest BCUT2D eigenvalue weighted by Crippen LogP contribution is 2.20. The first kappa shape index (κ1) is 10.3. The van der Waals surface area contributed by atoms with Gasteiger partial charge in [0.2, 0.25) is 0 Å². The van der Waals surface area contributed by atoms with Gasteiger partial charge in [0.15, 0.2) is 0 Å². The number of rotatable bonds is 1. The van der Waals surface area contributed by atoms with Crippen LogP contribution in [-0.2, 0) is 0 Å². The van der Waals surface area contributed by atoms with Crippen LogP contribution in [0.1, 0.15) is 25.7 Å². The van der Waals surface area contributed by atoms with Crippen LogP contribution in [-0.4, -0.2) is 37.1 Å². The van der Waals surface area contributed by atoms with Crippen LogP contribution in [0.15, 0.2) is 0 Å². The molecule has 0 bridgehead atoms. The lowest BCUT2D eigenvalue weighted by Gasteiger charge is -2.35. The molecule has 4 heteroatoms. The van der Waals surface area contributed by atoms with Gasteiger partial charge in [0.1, 0.15) is 0 Å². The van der Waals surface area contributed by atoms with Gasteiger partial charge < -0.3 is 16.0 Å². The average molecular weight is 185 g/mol. The summed E-state index contributed by atoms with van der Waals surface area (Å²) in [5, 5.41) is 2.61. The second kappa shape index (κ2) is 4.46. The number of carbonyl (C=O) groups is 1. The van der Waals surface area contributed by atoms with Crippen LogP contribution in [0.2, 0.25) is 0 Å². The van der Waals surface area contributed by atoms with Crippen molar-refractivity contribution in [3.8, 4) is 0 Å². The molecule has 2 amide bonds. The molecular formula is C9H19N3O. The first-order valence-corrected chi connectivity index (χ1v) is 4.87. The van der Waals surface area contributed by atoms with Gasteiger partial charge in [-0.25, -0.2) is 4.79 Å². The SMILES string of the molecule is CNC(=O)N(C)C1CCCCC1N. The highest BCUT2D eigenvalue weighted by atomic mass is 16.2. The molecule has 0 saturated heterocycles. The number of nitrogens with one attached hydrogen (secondary N) is 1.